The summed E-state index contributed by atoms with van der Waals surface area (Å²) in [5, 5.41) is 8.81. The number of aromatic hydroxyl groups is 1. The molecule has 0 atom stereocenters. The Hall–Kier alpha value is -0.670. The number of rotatable bonds is 0. The number of nitrogens with two attached hydrogens (primary N) is 1. The molecule has 5 heteroatoms. The Kier molecular flexibility index (Phi) is 3.42. The van der Waals surface area contributed by atoms with Gasteiger partial charge in [0.1, 0.15) is 11.6 Å². The van der Waals surface area contributed by atoms with Crippen molar-refractivity contribution in [3.05, 3.63) is 23.0 Å². The van der Waals surface area contributed by atoms with Gasteiger partial charge in [0.25, 0.3) is 0 Å². The van der Waals surface area contributed by atoms with E-state index < -0.39 is 5.82 Å². The van der Waals surface area contributed by atoms with Gasteiger partial charge in [-0.25, -0.2) is 4.39 Å². The van der Waals surface area contributed by atoms with E-state index in [1.165, 1.54) is 0 Å². The average Bonchev–Trinajstić information content (AvgIpc) is 1.84. The van der Waals surface area contributed by atoms with Gasteiger partial charge in [0.05, 0.1) is 10.7 Å². The summed E-state index contributed by atoms with van der Waals surface area (Å²) in [6.07, 6.45) is 0. The summed E-state index contributed by atoms with van der Waals surface area (Å²) >= 11 is 5.34. The van der Waals surface area contributed by atoms with Crippen LogP contribution in [0.2, 0.25) is 5.02 Å². The van der Waals surface area contributed by atoms with Crippen molar-refractivity contribution >= 4 is 29.7 Å². The fourth-order valence-corrected chi connectivity index (χ4v) is 0.704. The molecule has 0 unspecified atom stereocenters. The molecule has 0 amide bonds. The Balaban J connectivity index is 0.000001000. The standard InChI is InChI=1S/C6H5ClFNO.ClH/c7-3-1-4(8)5(9)2-6(3)10;/h1-2,10H,9H2;1H. The number of phenols is 1. The van der Waals surface area contributed by atoms with Crippen molar-refractivity contribution in [2.75, 3.05) is 5.73 Å². The molecule has 1 rings (SSSR count). The maximum Gasteiger partial charge on any atom is 0.147 e. The predicted octanol–water partition coefficient (Wildman–Crippen LogP) is 2.19. The van der Waals surface area contributed by atoms with Gasteiger partial charge in [-0.1, -0.05) is 11.6 Å². The van der Waals surface area contributed by atoms with Crippen LogP contribution in [0.3, 0.4) is 0 Å². The van der Waals surface area contributed by atoms with Crippen LogP contribution in [0.15, 0.2) is 12.1 Å². The molecule has 0 fully saturated rings. The Morgan fingerprint density at radius 2 is 2.00 bits per heavy atom. The summed E-state index contributed by atoms with van der Waals surface area (Å²) in [4.78, 5) is 0. The molecule has 0 radical (unpaired) electrons. The minimum Gasteiger partial charge on any atom is -0.506 e. The number of anilines is 1. The Labute approximate surface area is 74.2 Å². The van der Waals surface area contributed by atoms with Crippen LogP contribution in [0.25, 0.3) is 0 Å². The van der Waals surface area contributed by atoms with Crippen molar-refractivity contribution in [3.63, 3.8) is 0 Å². The molecule has 1 aromatic rings. The highest BCUT2D eigenvalue weighted by molar-refractivity contribution is 6.32. The molecule has 0 aliphatic rings. The highest BCUT2D eigenvalue weighted by Gasteiger charge is 2.03. The van der Waals surface area contributed by atoms with Gasteiger partial charge < -0.3 is 10.8 Å². The lowest BCUT2D eigenvalue weighted by Crippen LogP contribution is -1.89. The maximum atomic E-state index is 12.4. The fraction of sp³-hybridized carbons (Fsp3) is 0. The third kappa shape index (κ3) is 2.13. The number of nitrogen functional groups attached to an aromatic ring is 1. The third-order valence-corrected chi connectivity index (χ3v) is 1.37. The molecule has 62 valence electrons. The molecule has 0 aromatic heterocycles. The fourth-order valence-electron chi connectivity index (χ4n) is 0.554. The Bertz CT molecular complexity index is 217. The van der Waals surface area contributed by atoms with E-state index in [9.17, 15) is 4.39 Å². The normalized spacial score (nSPS) is 8.91. The summed E-state index contributed by atoms with van der Waals surface area (Å²) in [5.74, 6) is -0.830. The van der Waals surface area contributed by atoms with Crippen LogP contribution in [-0.4, -0.2) is 5.11 Å². The topological polar surface area (TPSA) is 46.2 Å². The molecule has 2 nitrogen and oxygen atoms in total. The van der Waals surface area contributed by atoms with E-state index >= 15 is 0 Å². The third-order valence-electron chi connectivity index (χ3n) is 1.07. The van der Waals surface area contributed by atoms with Gasteiger partial charge in [0, 0.05) is 6.07 Å². The minimum atomic E-state index is -0.622. The van der Waals surface area contributed by atoms with Gasteiger partial charge >= 0.3 is 0 Å². The lowest BCUT2D eigenvalue weighted by molar-refractivity contribution is 0.474. The molecule has 0 spiro atoms. The van der Waals surface area contributed by atoms with E-state index in [0.717, 1.165) is 12.1 Å². The van der Waals surface area contributed by atoms with Crippen LogP contribution in [0.4, 0.5) is 10.1 Å². The quantitative estimate of drug-likeness (QED) is 0.627. The summed E-state index contributed by atoms with van der Waals surface area (Å²) in [7, 11) is 0. The first-order valence-corrected chi connectivity index (χ1v) is 2.92. The van der Waals surface area contributed by atoms with E-state index in [2.05, 4.69) is 0 Å². The van der Waals surface area contributed by atoms with Crippen LogP contribution >= 0.6 is 24.0 Å². The van der Waals surface area contributed by atoms with Gasteiger partial charge in [-0.05, 0) is 6.07 Å². The van der Waals surface area contributed by atoms with Crippen molar-refractivity contribution in [1.82, 2.24) is 0 Å². The van der Waals surface area contributed by atoms with Gasteiger partial charge in [-0.3, -0.25) is 0 Å². The zero-order valence-electron chi connectivity index (χ0n) is 5.34. The Morgan fingerprint density at radius 3 is 2.45 bits per heavy atom. The van der Waals surface area contributed by atoms with E-state index in [-0.39, 0.29) is 28.9 Å². The van der Waals surface area contributed by atoms with Crippen molar-refractivity contribution in [3.8, 4) is 5.75 Å². The second-order valence-corrected chi connectivity index (χ2v) is 2.23. The first-order valence-electron chi connectivity index (χ1n) is 2.54. The number of hydrogen-bond acceptors (Lipinski definition) is 2. The molecule has 0 aliphatic carbocycles. The van der Waals surface area contributed by atoms with Crippen LogP contribution in [0.1, 0.15) is 0 Å². The smallest absolute Gasteiger partial charge is 0.147 e. The largest absolute Gasteiger partial charge is 0.506 e. The number of halogens is 3. The summed E-state index contributed by atoms with van der Waals surface area (Å²) in [6, 6.07) is 2.03. The van der Waals surface area contributed by atoms with Crippen molar-refractivity contribution in [2.24, 2.45) is 0 Å². The molecular formula is C6H6Cl2FNO. The molecule has 0 heterocycles. The van der Waals surface area contributed by atoms with Crippen LogP contribution in [-0.2, 0) is 0 Å². The first-order chi connectivity index (χ1) is 4.61. The van der Waals surface area contributed by atoms with E-state index in [1.807, 2.05) is 0 Å². The molecule has 3 N–H and O–H groups in total. The van der Waals surface area contributed by atoms with Crippen LogP contribution in [0.5, 0.6) is 5.75 Å². The molecule has 1 aromatic carbocycles. The number of phenolic OH excluding ortho intramolecular Hbond substituents is 1. The van der Waals surface area contributed by atoms with E-state index in [4.69, 9.17) is 22.4 Å². The SMILES string of the molecule is Cl.Nc1cc(O)c(Cl)cc1F. The second kappa shape index (κ2) is 3.64. The zero-order chi connectivity index (χ0) is 7.72. The highest BCUT2D eigenvalue weighted by atomic mass is 35.5. The average molecular weight is 198 g/mol. The first kappa shape index (κ1) is 10.3. The molecule has 11 heavy (non-hydrogen) atoms. The van der Waals surface area contributed by atoms with Crippen molar-refractivity contribution in [2.45, 2.75) is 0 Å². The Morgan fingerprint density at radius 1 is 1.45 bits per heavy atom. The molecule has 0 aliphatic heterocycles. The summed E-state index contributed by atoms with van der Waals surface area (Å²) < 4.78 is 12.4. The number of hydrogen-bond donors (Lipinski definition) is 2. The summed E-state index contributed by atoms with van der Waals surface area (Å²) in [5.41, 5.74) is 4.99. The summed E-state index contributed by atoms with van der Waals surface area (Å²) in [6.45, 7) is 0. The van der Waals surface area contributed by atoms with Gasteiger partial charge in [0.15, 0.2) is 0 Å². The minimum absolute atomic E-state index is 0. The lowest BCUT2D eigenvalue weighted by atomic mass is 10.3. The molecular weight excluding hydrogens is 192 g/mol. The molecule has 0 saturated carbocycles. The van der Waals surface area contributed by atoms with Crippen LogP contribution in [0, 0.1) is 5.82 Å². The number of benzene rings is 1. The van der Waals surface area contributed by atoms with Crippen molar-refractivity contribution < 1.29 is 9.50 Å². The van der Waals surface area contributed by atoms with Crippen LogP contribution < -0.4 is 5.73 Å². The second-order valence-electron chi connectivity index (χ2n) is 1.83. The van der Waals surface area contributed by atoms with Gasteiger partial charge in [-0.2, -0.15) is 0 Å². The molecule has 0 bridgehead atoms. The predicted molar refractivity (Wildman–Crippen MR) is 44.7 cm³/mol. The van der Waals surface area contributed by atoms with E-state index in [1.54, 1.807) is 0 Å². The van der Waals surface area contributed by atoms with Gasteiger partial charge in [-0.15, -0.1) is 12.4 Å². The molecule has 0 saturated heterocycles. The highest BCUT2D eigenvalue weighted by Crippen LogP contribution is 2.27. The van der Waals surface area contributed by atoms with E-state index in [0.29, 0.717) is 0 Å². The zero-order valence-corrected chi connectivity index (χ0v) is 6.92. The van der Waals surface area contributed by atoms with Gasteiger partial charge in [0.2, 0.25) is 0 Å². The monoisotopic (exact) mass is 197 g/mol. The van der Waals surface area contributed by atoms with Crippen molar-refractivity contribution in [1.29, 1.82) is 0 Å². The lowest BCUT2D eigenvalue weighted by Gasteiger charge is -1.98. The maximum absolute atomic E-state index is 12.4.